The van der Waals surface area contributed by atoms with E-state index in [1.54, 1.807) is 0 Å². The number of benzene rings is 1. The van der Waals surface area contributed by atoms with Crippen molar-refractivity contribution < 1.29 is 24.5 Å². The van der Waals surface area contributed by atoms with E-state index in [-0.39, 0.29) is 0 Å². The first-order valence-corrected chi connectivity index (χ1v) is 5.41. The lowest BCUT2D eigenvalue weighted by atomic mass is 10.1. The number of hydrogen-bond acceptors (Lipinski definition) is 7. The zero-order valence-corrected chi connectivity index (χ0v) is 10.6. The average Bonchev–Trinajstić information content (AvgIpc) is 2.37. The Bertz CT molecular complexity index is 643. The lowest BCUT2D eigenvalue weighted by Gasteiger charge is -2.11. The summed E-state index contributed by atoms with van der Waals surface area (Å²) in [6.45, 7) is 1.24. The van der Waals surface area contributed by atoms with Crippen molar-refractivity contribution in [2.75, 3.05) is 0 Å². The first kappa shape index (κ1) is 15.8. The van der Waals surface area contributed by atoms with Crippen molar-refractivity contribution in [1.82, 2.24) is 5.32 Å². The number of nitrogens with zero attached hydrogens (tertiary/aromatic N) is 2. The van der Waals surface area contributed by atoms with Gasteiger partial charge in [0.25, 0.3) is 11.6 Å². The highest BCUT2D eigenvalue weighted by Gasteiger charge is 2.28. The zero-order chi connectivity index (χ0) is 16.3. The number of nitro benzene ring substituents is 2. The number of hydrogen-bond donors (Lipinski definition) is 3. The van der Waals surface area contributed by atoms with Crippen LogP contribution in [0, 0.1) is 20.2 Å². The van der Waals surface area contributed by atoms with Gasteiger partial charge < -0.3 is 16.2 Å². The van der Waals surface area contributed by atoms with E-state index in [0.29, 0.717) is 12.1 Å². The Morgan fingerprint density at radius 3 is 2.29 bits per heavy atom. The van der Waals surface area contributed by atoms with E-state index < -0.39 is 50.4 Å². The molecule has 1 atom stereocenters. The van der Waals surface area contributed by atoms with Gasteiger partial charge in [-0.25, -0.2) is 0 Å². The summed E-state index contributed by atoms with van der Waals surface area (Å²) >= 11 is 0. The molecule has 11 nitrogen and oxygen atoms in total. The van der Waals surface area contributed by atoms with Crippen molar-refractivity contribution in [3.8, 4) is 5.75 Å². The van der Waals surface area contributed by atoms with Crippen molar-refractivity contribution in [3.05, 3.63) is 37.9 Å². The van der Waals surface area contributed by atoms with Crippen LogP contribution >= 0.6 is 0 Å². The number of carbonyl (C=O) groups is 2. The third-order valence-corrected chi connectivity index (χ3v) is 2.50. The van der Waals surface area contributed by atoms with Crippen LogP contribution < -0.4 is 11.1 Å². The average molecular weight is 298 g/mol. The van der Waals surface area contributed by atoms with Crippen LogP contribution in [0.15, 0.2) is 12.1 Å². The maximum absolute atomic E-state index is 11.8. The molecule has 0 heterocycles. The third-order valence-electron chi connectivity index (χ3n) is 2.50. The van der Waals surface area contributed by atoms with Crippen LogP contribution in [-0.4, -0.2) is 32.8 Å². The maximum atomic E-state index is 11.8. The number of phenolic OH excluding ortho intramolecular Hbond substituents is 1. The molecular weight excluding hydrogens is 288 g/mol. The Hall–Kier alpha value is -3.24. The molecule has 4 N–H and O–H groups in total. The first-order valence-electron chi connectivity index (χ1n) is 5.41. The standard InChI is InChI=1S/C10H10N4O7/c1-4(9(11)16)12-10(17)6-2-5(13(18)19)3-7(8(6)15)14(20)21/h2-4,15H,1H3,(H2,11,16)(H,12,17). The molecule has 0 bridgehead atoms. The Kier molecular flexibility index (Phi) is 4.38. The molecule has 11 heteroatoms. The number of amides is 2. The van der Waals surface area contributed by atoms with Gasteiger partial charge in [-0.05, 0) is 6.92 Å². The number of aromatic hydroxyl groups is 1. The third kappa shape index (κ3) is 3.40. The van der Waals surface area contributed by atoms with Gasteiger partial charge in [-0.15, -0.1) is 0 Å². The summed E-state index contributed by atoms with van der Waals surface area (Å²) in [6, 6.07) is 0.0462. The molecule has 0 aliphatic heterocycles. The second kappa shape index (κ2) is 5.81. The highest BCUT2D eigenvalue weighted by atomic mass is 16.6. The van der Waals surface area contributed by atoms with E-state index >= 15 is 0 Å². The molecule has 1 aromatic rings. The van der Waals surface area contributed by atoms with E-state index in [2.05, 4.69) is 5.32 Å². The van der Waals surface area contributed by atoms with Crippen LogP contribution in [0.25, 0.3) is 0 Å². The lowest BCUT2D eigenvalue weighted by Crippen LogP contribution is -2.42. The minimum Gasteiger partial charge on any atom is -0.502 e. The van der Waals surface area contributed by atoms with Crippen molar-refractivity contribution in [1.29, 1.82) is 0 Å². The maximum Gasteiger partial charge on any atom is 0.318 e. The number of non-ortho nitro benzene ring substituents is 1. The minimum atomic E-state index is -1.13. The van der Waals surface area contributed by atoms with Gasteiger partial charge in [-0.2, -0.15) is 0 Å². The molecule has 0 saturated carbocycles. The number of nitro groups is 2. The summed E-state index contributed by atoms with van der Waals surface area (Å²) < 4.78 is 0. The monoisotopic (exact) mass is 298 g/mol. The number of nitrogens with one attached hydrogen (secondary N) is 1. The van der Waals surface area contributed by atoms with Crippen LogP contribution in [0.4, 0.5) is 11.4 Å². The molecule has 1 unspecified atom stereocenters. The number of carbonyl (C=O) groups excluding carboxylic acids is 2. The Morgan fingerprint density at radius 2 is 1.86 bits per heavy atom. The van der Waals surface area contributed by atoms with Crippen LogP contribution in [-0.2, 0) is 4.79 Å². The highest BCUT2D eigenvalue weighted by Crippen LogP contribution is 2.34. The van der Waals surface area contributed by atoms with E-state index in [0.717, 1.165) is 0 Å². The molecule has 112 valence electrons. The van der Waals surface area contributed by atoms with Crippen LogP contribution in [0.5, 0.6) is 5.75 Å². The van der Waals surface area contributed by atoms with Crippen molar-refractivity contribution in [2.45, 2.75) is 13.0 Å². The zero-order valence-electron chi connectivity index (χ0n) is 10.6. The topological polar surface area (TPSA) is 179 Å². The quantitative estimate of drug-likeness (QED) is 0.497. The molecule has 2 amide bonds. The van der Waals surface area contributed by atoms with Crippen LogP contribution in [0.3, 0.4) is 0 Å². The fourth-order valence-electron chi connectivity index (χ4n) is 1.37. The van der Waals surface area contributed by atoms with Gasteiger partial charge in [0.2, 0.25) is 11.7 Å². The van der Waals surface area contributed by atoms with Gasteiger partial charge >= 0.3 is 5.69 Å². The molecule has 0 radical (unpaired) electrons. The second-order valence-electron chi connectivity index (χ2n) is 3.97. The predicted molar refractivity (Wildman–Crippen MR) is 67.5 cm³/mol. The molecule has 0 spiro atoms. The molecule has 21 heavy (non-hydrogen) atoms. The van der Waals surface area contributed by atoms with Crippen molar-refractivity contribution in [2.24, 2.45) is 5.73 Å². The van der Waals surface area contributed by atoms with Gasteiger partial charge in [-0.1, -0.05) is 0 Å². The SMILES string of the molecule is CC(NC(=O)c1cc([N+](=O)[O-])cc([N+](=O)[O-])c1O)C(N)=O. The summed E-state index contributed by atoms with van der Waals surface area (Å²) in [5.74, 6) is -3.03. The molecule has 0 saturated heterocycles. The number of rotatable bonds is 5. The molecule has 0 fully saturated rings. The number of phenols is 1. The van der Waals surface area contributed by atoms with E-state index in [1.165, 1.54) is 6.92 Å². The molecular formula is C10H10N4O7. The highest BCUT2D eigenvalue weighted by molar-refractivity contribution is 6.01. The predicted octanol–water partition coefficient (Wildman–Crippen LogP) is -0.188. The molecule has 1 aromatic carbocycles. The summed E-state index contributed by atoms with van der Waals surface area (Å²) in [5.41, 5.74) is 2.47. The summed E-state index contributed by atoms with van der Waals surface area (Å²) in [6.07, 6.45) is 0. The van der Waals surface area contributed by atoms with Crippen LogP contribution in [0.2, 0.25) is 0 Å². The Balaban J connectivity index is 3.34. The van der Waals surface area contributed by atoms with E-state index in [1.807, 2.05) is 0 Å². The van der Waals surface area contributed by atoms with Gasteiger partial charge in [-0.3, -0.25) is 29.8 Å². The first-order chi connectivity index (χ1) is 9.65. The molecule has 0 aliphatic carbocycles. The summed E-state index contributed by atoms with van der Waals surface area (Å²) in [7, 11) is 0. The molecule has 1 rings (SSSR count). The molecule has 0 aromatic heterocycles. The van der Waals surface area contributed by atoms with Gasteiger partial charge in [0.1, 0.15) is 6.04 Å². The normalized spacial score (nSPS) is 11.5. The second-order valence-corrected chi connectivity index (χ2v) is 3.97. The minimum absolute atomic E-state index is 0.517. The fourth-order valence-corrected chi connectivity index (χ4v) is 1.37. The molecule has 0 aliphatic rings. The van der Waals surface area contributed by atoms with Crippen molar-refractivity contribution in [3.63, 3.8) is 0 Å². The van der Waals surface area contributed by atoms with Gasteiger partial charge in [0.15, 0.2) is 0 Å². The summed E-state index contributed by atoms with van der Waals surface area (Å²) in [5, 5.41) is 33.1. The number of nitrogens with two attached hydrogens (primary N) is 1. The van der Waals surface area contributed by atoms with Crippen LogP contribution in [0.1, 0.15) is 17.3 Å². The van der Waals surface area contributed by atoms with E-state index in [4.69, 9.17) is 5.73 Å². The summed E-state index contributed by atoms with van der Waals surface area (Å²) in [4.78, 5) is 42.0. The largest absolute Gasteiger partial charge is 0.502 e. The van der Waals surface area contributed by atoms with Gasteiger partial charge in [0.05, 0.1) is 21.5 Å². The Labute approximate surface area is 116 Å². The van der Waals surface area contributed by atoms with E-state index in [9.17, 15) is 34.9 Å². The smallest absolute Gasteiger partial charge is 0.318 e. The van der Waals surface area contributed by atoms with Gasteiger partial charge in [0, 0.05) is 6.07 Å². The van der Waals surface area contributed by atoms with Crippen molar-refractivity contribution >= 4 is 23.2 Å². The number of primary amides is 1. The lowest BCUT2D eigenvalue weighted by molar-refractivity contribution is -0.394. The fraction of sp³-hybridized carbons (Fsp3) is 0.200. The Morgan fingerprint density at radius 1 is 1.29 bits per heavy atom.